The molecule has 0 aliphatic carbocycles. The fourth-order valence-corrected chi connectivity index (χ4v) is 2.39. The van der Waals surface area contributed by atoms with E-state index >= 15 is 0 Å². The molecule has 2 aromatic carbocycles. The predicted molar refractivity (Wildman–Crippen MR) is 89.4 cm³/mol. The second-order valence-electron chi connectivity index (χ2n) is 5.39. The van der Waals surface area contributed by atoms with Gasteiger partial charge >= 0.3 is 0 Å². The fourth-order valence-electron chi connectivity index (χ4n) is 2.27. The number of nitrogens with one attached hydrogen (secondary N) is 1. The summed E-state index contributed by atoms with van der Waals surface area (Å²) in [6.07, 6.45) is 0. The molecule has 3 nitrogen and oxygen atoms in total. The number of rotatable bonds is 5. The van der Waals surface area contributed by atoms with Gasteiger partial charge in [-0.3, -0.25) is 4.79 Å². The molecule has 116 valence electrons. The third kappa shape index (κ3) is 4.50. The lowest BCUT2D eigenvalue weighted by atomic mass is 10.00. The Labute approximate surface area is 136 Å². The van der Waals surface area contributed by atoms with Crippen LogP contribution >= 0.6 is 11.6 Å². The largest absolute Gasteiger partial charge is 0.484 e. The van der Waals surface area contributed by atoms with Crippen LogP contribution in [-0.4, -0.2) is 12.5 Å². The molecule has 1 atom stereocenters. The zero-order valence-electron chi connectivity index (χ0n) is 13.0. The maximum Gasteiger partial charge on any atom is 0.258 e. The molecule has 22 heavy (non-hydrogen) atoms. The molecule has 0 heterocycles. The molecule has 0 spiro atoms. The van der Waals surface area contributed by atoms with E-state index in [9.17, 15) is 4.79 Å². The van der Waals surface area contributed by atoms with E-state index in [0.717, 1.165) is 11.1 Å². The Balaban J connectivity index is 1.91. The number of carbonyl (C=O) groups is 1. The normalized spacial score (nSPS) is 11.8. The number of hydrogen-bond acceptors (Lipinski definition) is 2. The predicted octanol–water partition coefficient (Wildman–Crippen LogP) is 4.21. The van der Waals surface area contributed by atoms with E-state index in [4.69, 9.17) is 16.3 Å². The van der Waals surface area contributed by atoms with Crippen molar-refractivity contribution in [2.24, 2.45) is 0 Å². The van der Waals surface area contributed by atoms with Crippen molar-refractivity contribution in [2.45, 2.75) is 26.8 Å². The molecule has 0 radical (unpaired) electrons. The molecule has 2 aromatic rings. The van der Waals surface area contributed by atoms with E-state index in [0.29, 0.717) is 10.8 Å². The van der Waals surface area contributed by atoms with E-state index < -0.39 is 0 Å². The Morgan fingerprint density at radius 2 is 1.86 bits per heavy atom. The lowest BCUT2D eigenvalue weighted by Gasteiger charge is -2.17. The van der Waals surface area contributed by atoms with Crippen LogP contribution in [0.3, 0.4) is 0 Å². The Morgan fingerprint density at radius 1 is 1.18 bits per heavy atom. The molecule has 0 aromatic heterocycles. The number of hydrogen-bond donors (Lipinski definition) is 1. The second-order valence-corrected chi connectivity index (χ2v) is 5.83. The Bertz CT molecular complexity index is 653. The van der Waals surface area contributed by atoms with Crippen LogP contribution in [0.4, 0.5) is 0 Å². The number of amides is 1. The maximum atomic E-state index is 12.0. The van der Waals surface area contributed by atoms with E-state index in [-0.39, 0.29) is 18.6 Å². The van der Waals surface area contributed by atoms with Crippen molar-refractivity contribution in [3.05, 3.63) is 64.2 Å². The molecule has 1 amide bonds. The van der Waals surface area contributed by atoms with Crippen LogP contribution in [0.25, 0.3) is 0 Å². The van der Waals surface area contributed by atoms with Crippen LogP contribution in [-0.2, 0) is 4.79 Å². The quantitative estimate of drug-likeness (QED) is 0.897. The van der Waals surface area contributed by atoms with Gasteiger partial charge < -0.3 is 10.1 Å². The number of ether oxygens (including phenoxy) is 1. The Kier molecular flexibility index (Phi) is 5.45. The molecule has 4 heteroatoms. The van der Waals surface area contributed by atoms with Crippen LogP contribution < -0.4 is 10.1 Å². The average molecular weight is 318 g/mol. The van der Waals surface area contributed by atoms with Crippen molar-refractivity contribution in [1.29, 1.82) is 0 Å². The summed E-state index contributed by atoms with van der Waals surface area (Å²) in [6, 6.07) is 13.1. The number of carbonyl (C=O) groups excluding carboxylic acids is 1. The van der Waals surface area contributed by atoms with Gasteiger partial charge in [0.25, 0.3) is 5.91 Å². The molecular weight excluding hydrogens is 298 g/mol. The van der Waals surface area contributed by atoms with Gasteiger partial charge in [-0.05, 0) is 56.2 Å². The Hall–Kier alpha value is -2.00. The van der Waals surface area contributed by atoms with Gasteiger partial charge in [0.15, 0.2) is 6.61 Å². The van der Waals surface area contributed by atoms with E-state index in [1.54, 1.807) is 24.3 Å². The third-order valence-corrected chi connectivity index (χ3v) is 3.71. The molecule has 0 unspecified atom stereocenters. The minimum absolute atomic E-state index is 0.0170. The second kappa shape index (κ2) is 7.32. The van der Waals surface area contributed by atoms with Crippen LogP contribution in [0.1, 0.15) is 29.7 Å². The summed E-state index contributed by atoms with van der Waals surface area (Å²) in [4.78, 5) is 12.0. The van der Waals surface area contributed by atoms with Gasteiger partial charge in [0, 0.05) is 5.02 Å². The van der Waals surface area contributed by atoms with Crippen molar-refractivity contribution in [1.82, 2.24) is 5.32 Å². The Morgan fingerprint density at radius 3 is 2.55 bits per heavy atom. The van der Waals surface area contributed by atoms with Crippen molar-refractivity contribution in [3.63, 3.8) is 0 Å². The molecular formula is C18H20ClNO2. The summed E-state index contributed by atoms with van der Waals surface area (Å²) in [5.41, 5.74) is 3.47. The molecule has 0 aliphatic heterocycles. The highest BCUT2D eigenvalue weighted by atomic mass is 35.5. The third-order valence-electron chi connectivity index (χ3n) is 3.46. The highest BCUT2D eigenvalue weighted by molar-refractivity contribution is 6.30. The summed E-state index contributed by atoms with van der Waals surface area (Å²) in [5.74, 6) is 0.474. The molecule has 0 saturated carbocycles. The standard InChI is InChI=1S/C18H20ClNO2/c1-12-4-5-13(2)17(10-12)14(3)20-18(21)11-22-16-8-6-15(19)7-9-16/h4-10,14H,11H2,1-3H3,(H,20,21)/t14-/m0/s1. The first kappa shape index (κ1) is 16.4. The zero-order valence-corrected chi connectivity index (χ0v) is 13.8. The smallest absolute Gasteiger partial charge is 0.258 e. The first-order chi connectivity index (χ1) is 10.5. The van der Waals surface area contributed by atoms with Crippen molar-refractivity contribution in [2.75, 3.05) is 6.61 Å². The maximum absolute atomic E-state index is 12.0. The molecule has 0 aliphatic rings. The fraction of sp³-hybridized carbons (Fsp3) is 0.278. The summed E-state index contributed by atoms with van der Waals surface area (Å²) in [5, 5.41) is 3.60. The van der Waals surface area contributed by atoms with Crippen molar-refractivity contribution < 1.29 is 9.53 Å². The van der Waals surface area contributed by atoms with E-state index in [1.165, 1.54) is 5.56 Å². The van der Waals surface area contributed by atoms with Gasteiger partial charge in [-0.25, -0.2) is 0 Å². The number of halogens is 1. The van der Waals surface area contributed by atoms with Gasteiger partial charge in [0.2, 0.25) is 0 Å². The van der Waals surface area contributed by atoms with Crippen molar-refractivity contribution in [3.8, 4) is 5.75 Å². The van der Waals surface area contributed by atoms with E-state index in [2.05, 4.69) is 23.5 Å². The van der Waals surface area contributed by atoms with Crippen LogP contribution in [0.15, 0.2) is 42.5 Å². The van der Waals surface area contributed by atoms with Gasteiger partial charge in [-0.2, -0.15) is 0 Å². The highest BCUT2D eigenvalue weighted by Crippen LogP contribution is 2.19. The highest BCUT2D eigenvalue weighted by Gasteiger charge is 2.12. The molecule has 0 saturated heterocycles. The van der Waals surface area contributed by atoms with Gasteiger partial charge in [0.1, 0.15) is 5.75 Å². The summed E-state index contributed by atoms with van der Waals surface area (Å²) < 4.78 is 5.44. The van der Waals surface area contributed by atoms with E-state index in [1.807, 2.05) is 20.8 Å². The zero-order chi connectivity index (χ0) is 16.1. The molecule has 0 bridgehead atoms. The SMILES string of the molecule is Cc1ccc(C)c([C@H](C)NC(=O)COc2ccc(Cl)cc2)c1. The van der Waals surface area contributed by atoms with Crippen LogP contribution in [0, 0.1) is 13.8 Å². The van der Waals surface area contributed by atoms with Crippen molar-refractivity contribution >= 4 is 17.5 Å². The molecule has 0 fully saturated rings. The minimum atomic E-state index is -0.150. The van der Waals surface area contributed by atoms with Crippen LogP contribution in [0.2, 0.25) is 5.02 Å². The molecule has 2 rings (SSSR count). The summed E-state index contributed by atoms with van der Waals surface area (Å²) in [6.45, 7) is 6.04. The molecule has 1 N–H and O–H groups in total. The first-order valence-corrected chi connectivity index (χ1v) is 7.58. The minimum Gasteiger partial charge on any atom is -0.484 e. The lowest BCUT2D eigenvalue weighted by molar-refractivity contribution is -0.123. The monoisotopic (exact) mass is 317 g/mol. The van der Waals surface area contributed by atoms with Gasteiger partial charge in [-0.15, -0.1) is 0 Å². The summed E-state index contributed by atoms with van der Waals surface area (Å²) >= 11 is 5.80. The van der Waals surface area contributed by atoms with Crippen LogP contribution in [0.5, 0.6) is 5.75 Å². The number of aryl methyl sites for hydroxylation is 2. The lowest BCUT2D eigenvalue weighted by Crippen LogP contribution is -2.31. The summed E-state index contributed by atoms with van der Waals surface area (Å²) in [7, 11) is 0. The number of benzene rings is 2. The van der Waals surface area contributed by atoms with Gasteiger partial charge in [-0.1, -0.05) is 35.4 Å². The topological polar surface area (TPSA) is 38.3 Å². The first-order valence-electron chi connectivity index (χ1n) is 7.20. The average Bonchev–Trinajstić information content (AvgIpc) is 2.49. The van der Waals surface area contributed by atoms with Gasteiger partial charge in [0.05, 0.1) is 6.04 Å².